The molecule has 2 nitrogen and oxygen atoms in total. The Morgan fingerprint density at radius 1 is 1.26 bits per heavy atom. The molecule has 0 amide bonds. The molecule has 100 valence electrons. The lowest BCUT2D eigenvalue weighted by Crippen LogP contribution is -1.92. The fourth-order valence-corrected chi connectivity index (χ4v) is 2.35. The second kappa shape index (κ2) is 5.90. The van der Waals surface area contributed by atoms with Gasteiger partial charge in [-0.25, -0.2) is 4.39 Å². The summed E-state index contributed by atoms with van der Waals surface area (Å²) in [5, 5.41) is 9.08. The van der Waals surface area contributed by atoms with Gasteiger partial charge in [0, 0.05) is 6.07 Å². The highest BCUT2D eigenvalue weighted by Gasteiger charge is 2.10. The van der Waals surface area contributed by atoms with Gasteiger partial charge in [0.05, 0.1) is 16.1 Å². The first-order chi connectivity index (χ1) is 9.01. The summed E-state index contributed by atoms with van der Waals surface area (Å²) < 4.78 is 19.6. The van der Waals surface area contributed by atoms with Crippen molar-refractivity contribution in [2.75, 3.05) is 0 Å². The third-order valence-corrected chi connectivity index (χ3v) is 3.53. The normalized spacial score (nSPS) is 10.6. The third-order valence-electron chi connectivity index (χ3n) is 2.62. The van der Waals surface area contributed by atoms with Crippen LogP contribution in [0.3, 0.4) is 0 Å². The summed E-state index contributed by atoms with van der Waals surface area (Å²) in [7, 11) is 0. The third kappa shape index (κ3) is 3.26. The van der Waals surface area contributed by atoms with Gasteiger partial charge in [0.15, 0.2) is 0 Å². The first-order valence-electron chi connectivity index (χ1n) is 5.54. The van der Waals surface area contributed by atoms with Crippen LogP contribution < -0.4 is 4.74 Å². The van der Waals surface area contributed by atoms with Crippen LogP contribution in [0.25, 0.3) is 0 Å². The molecule has 0 aromatic heterocycles. The average molecular weight is 346 g/mol. The Bertz CT molecular complexity index is 617. The maximum atomic E-state index is 13.4. The first-order valence-corrected chi connectivity index (χ1v) is 6.71. The van der Waals surface area contributed by atoms with E-state index in [1.807, 2.05) is 13.0 Å². The van der Waals surface area contributed by atoms with Crippen LogP contribution in [0.1, 0.15) is 11.1 Å². The second-order valence-corrected chi connectivity index (χ2v) is 5.32. The average Bonchev–Trinajstić information content (AvgIpc) is 2.38. The molecule has 2 aromatic carbocycles. The molecule has 0 aliphatic carbocycles. The van der Waals surface area contributed by atoms with Crippen molar-refractivity contribution in [1.29, 1.82) is 0 Å². The standard InChI is InChI=1S/C14H11BrClFO2/c1-8-4-9(7-18)2-3-13(8)19-14-6-12(17)11(16)5-10(14)15/h2-6,18H,7H2,1H3. The van der Waals surface area contributed by atoms with Gasteiger partial charge < -0.3 is 9.84 Å². The molecule has 0 fully saturated rings. The number of rotatable bonds is 3. The Morgan fingerprint density at radius 2 is 2.00 bits per heavy atom. The largest absolute Gasteiger partial charge is 0.456 e. The smallest absolute Gasteiger partial charge is 0.145 e. The molecular formula is C14H11BrClFO2. The summed E-state index contributed by atoms with van der Waals surface area (Å²) in [5.41, 5.74) is 1.65. The van der Waals surface area contributed by atoms with E-state index in [0.29, 0.717) is 16.0 Å². The minimum absolute atomic E-state index is 0.0274. The predicted molar refractivity (Wildman–Crippen MR) is 76.3 cm³/mol. The van der Waals surface area contributed by atoms with E-state index in [1.165, 1.54) is 12.1 Å². The van der Waals surface area contributed by atoms with E-state index in [-0.39, 0.29) is 11.6 Å². The Hall–Kier alpha value is -1.10. The molecule has 0 radical (unpaired) electrons. The van der Waals surface area contributed by atoms with E-state index in [2.05, 4.69) is 15.9 Å². The number of ether oxygens (including phenoxy) is 1. The van der Waals surface area contributed by atoms with E-state index in [9.17, 15) is 4.39 Å². The Kier molecular flexibility index (Phi) is 4.45. The maximum Gasteiger partial charge on any atom is 0.145 e. The van der Waals surface area contributed by atoms with Gasteiger partial charge in [0.2, 0.25) is 0 Å². The van der Waals surface area contributed by atoms with E-state index < -0.39 is 5.82 Å². The molecule has 2 aromatic rings. The number of benzene rings is 2. The zero-order valence-corrected chi connectivity index (χ0v) is 12.4. The van der Waals surface area contributed by atoms with Crippen molar-refractivity contribution in [3.05, 3.63) is 56.8 Å². The Balaban J connectivity index is 2.33. The highest BCUT2D eigenvalue weighted by molar-refractivity contribution is 9.10. The molecule has 0 unspecified atom stereocenters. The summed E-state index contributed by atoms with van der Waals surface area (Å²) in [6.45, 7) is 1.83. The van der Waals surface area contributed by atoms with Crippen LogP contribution >= 0.6 is 27.5 Å². The van der Waals surface area contributed by atoms with Crippen LogP contribution in [0.2, 0.25) is 5.02 Å². The van der Waals surface area contributed by atoms with Crippen LogP contribution in [0.4, 0.5) is 4.39 Å². The van der Waals surface area contributed by atoms with Crippen molar-refractivity contribution in [3.8, 4) is 11.5 Å². The topological polar surface area (TPSA) is 29.5 Å². The van der Waals surface area contributed by atoms with Crippen LogP contribution in [-0.4, -0.2) is 5.11 Å². The van der Waals surface area contributed by atoms with E-state index in [1.54, 1.807) is 12.1 Å². The highest BCUT2D eigenvalue weighted by atomic mass is 79.9. The molecule has 0 saturated heterocycles. The van der Waals surface area contributed by atoms with E-state index in [4.69, 9.17) is 21.4 Å². The molecule has 0 atom stereocenters. The van der Waals surface area contributed by atoms with Crippen molar-refractivity contribution >= 4 is 27.5 Å². The van der Waals surface area contributed by atoms with Gasteiger partial charge in [-0.15, -0.1) is 0 Å². The number of hydrogen-bond donors (Lipinski definition) is 1. The second-order valence-electron chi connectivity index (χ2n) is 4.06. The molecule has 2 rings (SSSR count). The van der Waals surface area contributed by atoms with Gasteiger partial charge in [0.25, 0.3) is 0 Å². The van der Waals surface area contributed by atoms with E-state index >= 15 is 0 Å². The number of aryl methyl sites for hydroxylation is 1. The first kappa shape index (κ1) is 14.3. The molecule has 19 heavy (non-hydrogen) atoms. The van der Waals surface area contributed by atoms with Gasteiger partial charge in [-0.3, -0.25) is 0 Å². The van der Waals surface area contributed by atoms with Crippen molar-refractivity contribution in [2.45, 2.75) is 13.5 Å². The van der Waals surface area contributed by atoms with Crippen molar-refractivity contribution in [3.63, 3.8) is 0 Å². The Morgan fingerprint density at radius 3 is 2.63 bits per heavy atom. The zero-order valence-electron chi connectivity index (χ0n) is 10.1. The molecular weight excluding hydrogens is 335 g/mol. The molecule has 0 aliphatic heterocycles. The van der Waals surface area contributed by atoms with Crippen LogP contribution in [-0.2, 0) is 6.61 Å². The molecule has 0 aliphatic rings. The summed E-state index contributed by atoms with van der Waals surface area (Å²) >= 11 is 8.95. The predicted octanol–water partition coefficient (Wildman–Crippen LogP) is 4.83. The van der Waals surface area contributed by atoms with Crippen molar-refractivity contribution < 1.29 is 14.2 Å². The number of aliphatic hydroxyl groups excluding tert-OH is 1. The van der Waals surface area contributed by atoms with Crippen molar-refractivity contribution in [1.82, 2.24) is 0 Å². The minimum Gasteiger partial charge on any atom is -0.456 e. The Labute approximate surface area is 123 Å². The van der Waals surface area contributed by atoms with Crippen LogP contribution in [0.15, 0.2) is 34.8 Å². The van der Waals surface area contributed by atoms with Gasteiger partial charge in [-0.05, 0) is 46.1 Å². The zero-order chi connectivity index (χ0) is 14.0. The van der Waals surface area contributed by atoms with Crippen LogP contribution in [0.5, 0.6) is 11.5 Å². The van der Waals surface area contributed by atoms with Gasteiger partial charge in [-0.2, -0.15) is 0 Å². The lowest BCUT2D eigenvalue weighted by Gasteiger charge is -2.11. The molecule has 0 saturated carbocycles. The monoisotopic (exact) mass is 344 g/mol. The van der Waals surface area contributed by atoms with Gasteiger partial charge in [0.1, 0.15) is 17.3 Å². The fraction of sp³-hybridized carbons (Fsp3) is 0.143. The van der Waals surface area contributed by atoms with Crippen LogP contribution in [0, 0.1) is 12.7 Å². The molecule has 0 heterocycles. The summed E-state index contributed by atoms with van der Waals surface area (Å²) in [5.74, 6) is 0.408. The molecule has 1 N–H and O–H groups in total. The summed E-state index contributed by atoms with van der Waals surface area (Å²) in [6, 6.07) is 7.98. The van der Waals surface area contributed by atoms with Gasteiger partial charge in [-0.1, -0.05) is 23.7 Å². The van der Waals surface area contributed by atoms with Crippen molar-refractivity contribution in [2.24, 2.45) is 0 Å². The quantitative estimate of drug-likeness (QED) is 0.807. The number of hydrogen-bond acceptors (Lipinski definition) is 2. The molecule has 0 bridgehead atoms. The lowest BCUT2D eigenvalue weighted by atomic mass is 10.1. The SMILES string of the molecule is Cc1cc(CO)ccc1Oc1cc(F)c(Cl)cc1Br. The summed E-state index contributed by atoms with van der Waals surface area (Å²) in [6.07, 6.45) is 0. The fourth-order valence-electron chi connectivity index (χ4n) is 1.63. The molecule has 5 heteroatoms. The van der Waals surface area contributed by atoms with E-state index in [0.717, 1.165) is 11.1 Å². The molecule has 0 spiro atoms. The highest BCUT2D eigenvalue weighted by Crippen LogP contribution is 2.35. The lowest BCUT2D eigenvalue weighted by molar-refractivity contribution is 0.281. The minimum atomic E-state index is -0.538. The maximum absolute atomic E-state index is 13.4. The van der Waals surface area contributed by atoms with Gasteiger partial charge >= 0.3 is 0 Å². The summed E-state index contributed by atoms with van der Waals surface area (Å²) in [4.78, 5) is 0. The number of halogens is 3. The number of aliphatic hydroxyl groups is 1.